The van der Waals surface area contributed by atoms with Crippen LogP contribution < -0.4 is 16.0 Å². The minimum absolute atomic E-state index is 0. The van der Waals surface area contributed by atoms with Crippen LogP contribution in [-0.4, -0.2) is 41.3 Å². The van der Waals surface area contributed by atoms with Crippen LogP contribution in [0, 0.1) is 0 Å². The van der Waals surface area contributed by atoms with Gasteiger partial charge in [-0.05, 0) is 31.4 Å². The topological polar surface area (TPSA) is 84.1 Å². The maximum atomic E-state index is 12.0. The van der Waals surface area contributed by atoms with Gasteiger partial charge in [0.2, 0.25) is 5.91 Å². The van der Waals surface area contributed by atoms with Gasteiger partial charge in [-0.3, -0.25) is 4.79 Å². The number of halogens is 1. The van der Waals surface area contributed by atoms with Crippen molar-refractivity contribution < 1.29 is 4.79 Å². The third kappa shape index (κ3) is 5.13. The van der Waals surface area contributed by atoms with Gasteiger partial charge in [-0.25, -0.2) is 0 Å². The molecule has 2 atom stereocenters. The molecule has 1 aliphatic rings. The Morgan fingerprint density at radius 2 is 2.43 bits per heavy atom. The number of aromatic nitrogens is 2. The summed E-state index contributed by atoms with van der Waals surface area (Å²) in [5.74, 6) is 0.821. The second kappa shape index (κ2) is 8.79. The van der Waals surface area contributed by atoms with Gasteiger partial charge in [-0.1, -0.05) is 13.3 Å². The van der Waals surface area contributed by atoms with Gasteiger partial charge in [-0.2, -0.15) is 5.10 Å². The van der Waals surface area contributed by atoms with Crippen molar-refractivity contribution in [1.82, 2.24) is 15.5 Å². The molecule has 2 unspecified atom stereocenters. The van der Waals surface area contributed by atoms with Crippen molar-refractivity contribution >= 4 is 24.1 Å². The lowest BCUT2D eigenvalue weighted by molar-refractivity contribution is -0.123. The molecule has 0 aromatic carbocycles. The van der Waals surface area contributed by atoms with Crippen molar-refractivity contribution in [3.05, 3.63) is 18.3 Å². The van der Waals surface area contributed by atoms with E-state index in [1.54, 1.807) is 6.20 Å². The zero-order valence-electron chi connectivity index (χ0n) is 12.4. The van der Waals surface area contributed by atoms with Crippen molar-refractivity contribution in [2.75, 3.05) is 18.0 Å². The number of nitrogens with one attached hydrogen (secondary N) is 1. The number of nitrogens with zero attached hydrogens (tertiary/aromatic N) is 3. The Kier molecular flexibility index (Phi) is 7.39. The van der Waals surface area contributed by atoms with Gasteiger partial charge in [0.15, 0.2) is 5.82 Å². The van der Waals surface area contributed by atoms with E-state index in [1.165, 1.54) is 0 Å². The zero-order valence-corrected chi connectivity index (χ0v) is 13.2. The normalized spacial score (nSPS) is 19.5. The van der Waals surface area contributed by atoms with E-state index in [1.807, 2.05) is 19.1 Å². The first kappa shape index (κ1) is 17.7. The summed E-state index contributed by atoms with van der Waals surface area (Å²) in [7, 11) is 0. The van der Waals surface area contributed by atoms with Crippen LogP contribution in [0.5, 0.6) is 0 Å². The highest BCUT2D eigenvalue weighted by atomic mass is 35.5. The molecule has 1 amide bonds. The molecule has 7 heteroatoms. The first-order valence-electron chi connectivity index (χ1n) is 7.29. The second-order valence-electron chi connectivity index (χ2n) is 5.27. The number of nitrogens with two attached hydrogens (primary N) is 1. The molecular formula is C14H24ClN5O. The summed E-state index contributed by atoms with van der Waals surface area (Å²) in [5.41, 5.74) is 5.84. The number of amides is 1. The number of hydrogen-bond donors (Lipinski definition) is 2. The van der Waals surface area contributed by atoms with E-state index in [4.69, 9.17) is 5.73 Å². The molecule has 0 saturated carbocycles. The Labute approximate surface area is 131 Å². The maximum Gasteiger partial charge on any atom is 0.237 e. The highest BCUT2D eigenvalue weighted by Gasteiger charge is 2.24. The van der Waals surface area contributed by atoms with E-state index in [2.05, 4.69) is 20.4 Å². The van der Waals surface area contributed by atoms with E-state index in [-0.39, 0.29) is 24.4 Å². The van der Waals surface area contributed by atoms with E-state index < -0.39 is 6.04 Å². The van der Waals surface area contributed by atoms with Crippen molar-refractivity contribution in [3.63, 3.8) is 0 Å². The summed E-state index contributed by atoms with van der Waals surface area (Å²) in [4.78, 5) is 14.1. The van der Waals surface area contributed by atoms with Gasteiger partial charge in [-0.15, -0.1) is 17.5 Å². The predicted molar refractivity (Wildman–Crippen MR) is 85.5 cm³/mol. The molecular weight excluding hydrogens is 290 g/mol. The van der Waals surface area contributed by atoms with Crippen molar-refractivity contribution in [3.8, 4) is 0 Å². The van der Waals surface area contributed by atoms with Gasteiger partial charge in [0.25, 0.3) is 0 Å². The van der Waals surface area contributed by atoms with Gasteiger partial charge in [0.05, 0.1) is 6.04 Å². The minimum Gasteiger partial charge on any atom is -0.353 e. The van der Waals surface area contributed by atoms with E-state index in [0.29, 0.717) is 0 Å². The summed E-state index contributed by atoms with van der Waals surface area (Å²) < 4.78 is 0. The average molecular weight is 314 g/mol. The van der Waals surface area contributed by atoms with Crippen molar-refractivity contribution in [2.45, 2.75) is 44.7 Å². The largest absolute Gasteiger partial charge is 0.353 e. The SMILES string of the molecule is CCCC(N)C(=O)NC1CCCN(c2cccnn2)C1.Cl. The number of carbonyl (C=O) groups excluding carboxylic acids is 1. The smallest absolute Gasteiger partial charge is 0.237 e. The molecule has 2 rings (SSSR count). The molecule has 1 aromatic heterocycles. The number of anilines is 1. The molecule has 1 saturated heterocycles. The fraction of sp³-hybridized carbons (Fsp3) is 0.643. The van der Waals surface area contributed by atoms with Crippen LogP contribution in [0.1, 0.15) is 32.6 Å². The quantitative estimate of drug-likeness (QED) is 0.850. The van der Waals surface area contributed by atoms with E-state index in [9.17, 15) is 4.79 Å². The molecule has 0 spiro atoms. The van der Waals surface area contributed by atoms with Gasteiger partial charge in [0, 0.05) is 25.3 Å². The van der Waals surface area contributed by atoms with Gasteiger partial charge >= 0.3 is 0 Å². The summed E-state index contributed by atoms with van der Waals surface area (Å²) >= 11 is 0. The summed E-state index contributed by atoms with van der Waals surface area (Å²) in [6.45, 7) is 3.75. The molecule has 0 bridgehead atoms. The fourth-order valence-electron chi connectivity index (χ4n) is 2.52. The van der Waals surface area contributed by atoms with Crippen LogP contribution in [0.25, 0.3) is 0 Å². The van der Waals surface area contributed by atoms with Crippen molar-refractivity contribution in [2.24, 2.45) is 5.73 Å². The molecule has 6 nitrogen and oxygen atoms in total. The van der Waals surface area contributed by atoms with Crippen LogP contribution in [0.4, 0.5) is 5.82 Å². The number of carbonyl (C=O) groups is 1. The van der Waals surface area contributed by atoms with Crippen molar-refractivity contribution in [1.29, 1.82) is 0 Å². The Morgan fingerprint density at radius 1 is 1.62 bits per heavy atom. The number of piperidine rings is 1. The Bertz CT molecular complexity index is 431. The molecule has 1 aromatic rings. The summed E-state index contributed by atoms with van der Waals surface area (Å²) in [5, 5.41) is 11.1. The highest BCUT2D eigenvalue weighted by molar-refractivity contribution is 5.85. The monoisotopic (exact) mass is 313 g/mol. The van der Waals surface area contributed by atoms with Crippen LogP contribution in [0.2, 0.25) is 0 Å². The third-order valence-corrected chi connectivity index (χ3v) is 3.59. The number of rotatable bonds is 5. The van der Waals surface area contributed by atoms with Gasteiger partial charge in [0.1, 0.15) is 0 Å². The van der Waals surface area contributed by atoms with Crippen LogP contribution >= 0.6 is 12.4 Å². The lowest BCUT2D eigenvalue weighted by Gasteiger charge is -2.34. The highest BCUT2D eigenvalue weighted by Crippen LogP contribution is 2.16. The average Bonchev–Trinajstić information content (AvgIpc) is 2.48. The number of hydrogen-bond acceptors (Lipinski definition) is 5. The fourth-order valence-corrected chi connectivity index (χ4v) is 2.52. The van der Waals surface area contributed by atoms with Crippen LogP contribution in [0.3, 0.4) is 0 Å². The third-order valence-electron chi connectivity index (χ3n) is 3.59. The molecule has 21 heavy (non-hydrogen) atoms. The molecule has 1 aliphatic heterocycles. The van der Waals surface area contributed by atoms with E-state index in [0.717, 1.165) is 44.6 Å². The molecule has 1 fully saturated rings. The predicted octanol–water partition coefficient (Wildman–Crippen LogP) is 1.11. The molecule has 118 valence electrons. The summed E-state index contributed by atoms with van der Waals surface area (Å²) in [6, 6.07) is 3.56. The minimum atomic E-state index is -0.396. The first-order chi connectivity index (χ1) is 9.70. The second-order valence-corrected chi connectivity index (χ2v) is 5.27. The molecule has 0 aliphatic carbocycles. The van der Waals surface area contributed by atoms with Crippen LogP contribution in [-0.2, 0) is 4.79 Å². The summed E-state index contributed by atoms with van der Waals surface area (Å²) in [6.07, 6.45) is 5.33. The molecule has 2 heterocycles. The maximum absolute atomic E-state index is 12.0. The zero-order chi connectivity index (χ0) is 14.4. The molecule has 3 N–H and O–H groups in total. The van der Waals surface area contributed by atoms with Crippen LogP contribution in [0.15, 0.2) is 18.3 Å². The molecule has 0 radical (unpaired) electrons. The lowest BCUT2D eigenvalue weighted by Crippen LogP contribution is -2.52. The van der Waals surface area contributed by atoms with Gasteiger partial charge < -0.3 is 16.0 Å². The first-order valence-corrected chi connectivity index (χ1v) is 7.29. The lowest BCUT2D eigenvalue weighted by atomic mass is 10.0. The Morgan fingerprint density at radius 3 is 3.10 bits per heavy atom. The van der Waals surface area contributed by atoms with E-state index >= 15 is 0 Å². The standard InChI is InChI=1S/C14H23N5O.ClH/c1-2-5-12(15)14(20)17-11-6-4-9-19(10-11)13-7-3-8-16-18-13;/h3,7-8,11-12H,2,4-6,9-10,15H2,1H3,(H,17,20);1H. The Hall–Kier alpha value is -1.40. The Balaban J connectivity index is 0.00000220.